The fraction of sp³-hybridized carbons (Fsp3) is 0.533. The molecule has 1 N–H and O–H groups in total. The van der Waals surface area contributed by atoms with E-state index in [0.717, 1.165) is 6.42 Å². The molecule has 0 radical (unpaired) electrons. The van der Waals surface area contributed by atoms with Crippen molar-refractivity contribution in [2.24, 2.45) is 5.92 Å². The van der Waals surface area contributed by atoms with Crippen LogP contribution in [0.4, 0.5) is 0 Å². The summed E-state index contributed by atoms with van der Waals surface area (Å²) in [6.45, 7) is 7.81. The van der Waals surface area contributed by atoms with Crippen LogP contribution in [0.15, 0.2) is 17.0 Å². The van der Waals surface area contributed by atoms with E-state index in [1.165, 1.54) is 17.4 Å². The predicted molar refractivity (Wildman–Crippen MR) is 82.1 cm³/mol. The molecule has 6 heteroatoms. The third-order valence-corrected chi connectivity index (χ3v) is 5.46. The third-order valence-electron chi connectivity index (χ3n) is 3.46. The lowest BCUT2D eigenvalue weighted by Gasteiger charge is -2.20. The third kappa shape index (κ3) is 4.04. The zero-order chi connectivity index (χ0) is 16.4. The average molecular weight is 313 g/mol. The monoisotopic (exact) mass is 313 g/mol. The summed E-state index contributed by atoms with van der Waals surface area (Å²) in [7, 11) is -2.14. The van der Waals surface area contributed by atoms with Crippen molar-refractivity contribution in [3.8, 4) is 0 Å². The minimum atomic E-state index is -3.67. The molecule has 0 bridgehead atoms. The summed E-state index contributed by atoms with van der Waals surface area (Å²) in [4.78, 5) is 11.3. The van der Waals surface area contributed by atoms with Crippen LogP contribution < -0.4 is 0 Å². The first-order valence-electron chi connectivity index (χ1n) is 6.88. The Labute approximate surface area is 126 Å². The maximum atomic E-state index is 12.6. The molecule has 0 aliphatic heterocycles. The zero-order valence-electron chi connectivity index (χ0n) is 13.2. The molecule has 0 aliphatic rings. The summed E-state index contributed by atoms with van der Waals surface area (Å²) < 4.78 is 26.5. The van der Waals surface area contributed by atoms with Gasteiger partial charge in [0.05, 0.1) is 10.5 Å². The molecule has 118 valence electrons. The Morgan fingerprint density at radius 3 is 2.29 bits per heavy atom. The van der Waals surface area contributed by atoms with Gasteiger partial charge in [0.15, 0.2) is 0 Å². The van der Waals surface area contributed by atoms with Crippen molar-refractivity contribution in [2.75, 3.05) is 13.6 Å². The minimum Gasteiger partial charge on any atom is -0.478 e. The molecule has 0 heterocycles. The van der Waals surface area contributed by atoms with Crippen molar-refractivity contribution in [1.29, 1.82) is 0 Å². The second-order valence-electron chi connectivity index (χ2n) is 5.75. The highest BCUT2D eigenvalue weighted by molar-refractivity contribution is 7.89. The molecule has 0 fully saturated rings. The van der Waals surface area contributed by atoms with Crippen LogP contribution in [-0.2, 0) is 10.0 Å². The molecule has 0 atom stereocenters. The predicted octanol–water partition coefficient (Wildman–Crippen LogP) is 2.67. The van der Waals surface area contributed by atoms with E-state index in [4.69, 9.17) is 5.11 Å². The lowest BCUT2D eigenvalue weighted by molar-refractivity contribution is 0.0696. The van der Waals surface area contributed by atoms with Crippen molar-refractivity contribution in [3.05, 3.63) is 28.8 Å². The van der Waals surface area contributed by atoms with Crippen LogP contribution >= 0.6 is 0 Å². The highest BCUT2D eigenvalue weighted by atomic mass is 32.2. The molecule has 0 aliphatic carbocycles. The Kier molecular flexibility index (Phi) is 5.53. The Hall–Kier alpha value is -1.40. The topological polar surface area (TPSA) is 74.7 Å². The van der Waals surface area contributed by atoms with Gasteiger partial charge in [-0.3, -0.25) is 0 Å². The Bertz CT molecular complexity index is 635. The SMILES string of the molecule is Cc1cc(C)c(S(=O)(=O)N(C)CCC(C)C)cc1C(=O)O. The lowest BCUT2D eigenvalue weighted by atomic mass is 10.1. The quantitative estimate of drug-likeness (QED) is 0.876. The standard InChI is InChI=1S/C15H23NO4S/c1-10(2)6-7-16(5)21(19,20)14-9-13(15(17)18)11(3)8-12(14)4/h8-10H,6-7H2,1-5H3,(H,17,18). The van der Waals surface area contributed by atoms with E-state index in [0.29, 0.717) is 23.6 Å². The van der Waals surface area contributed by atoms with E-state index in [-0.39, 0.29) is 10.5 Å². The van der Waals surface area contributed by atoms with Crippen molar-refractivity contribution >= 4 is 16.0 Å². The van der Waals surface area contributed by atoms with Crippen molar-refractivity contribution in [2.45, 2.75) is 39.0 Å². The van der Waals surface area contributed by atoms with Crippen LogP contribution in [0, 0.1) is 19.8 Å². The van der Waals surface area contributed by atoms with E-state index in [2.05, 4.69) is 0 Å². The molecule has 1 aromatic carbocycles. The molecule has 0 amide bonds. The largest absolute Gasteiger partial charge is 0.478 e. The second-order valence-corrected chi connectivity index (χ2v) is 7.76. The Morgan fingerprint density at radius 1 is 1.24 bits per heavy atom. The number of carboxylic acids is 1. The lowest BCUT2D eigenvalue weighted by Crippen LogP contribution is -2.29. The molecule has 1 aromatic rings. The van der Waals surface area contributed by atoms with Crippen LogP contribution in [0.1, 0.15) is 41.8 Å². The molecule has 21 heavy (non-hydrogen) atoms. The van der Waals surface area contributed by atoms with Gasteiger partial charge in [0.25, 0.3) is 0 Å². The van der Waals surface area contributed by atoms with Gasteiger partial charge in [-0.05, 0) is 43.4 Å². The smallest absolute Gasteiger partial charge is 0.335 e. The van der Waals surface area contributed by atoms with Crippen molar-refractivity contribution in [3.63, 3.8) is 0 Å². The summed E-state index contributed by atoms with van der Waals surface area (Å²) in [6.07, 6.45) is 0.756. The highest BCUT2D eigenvalue weighted by Crippen LogP contribution is 2.23. The van der Waals surface area contributed by atoms with E-state index < -0.39 is 16.0 Å². The van der Waals surface area contributed by atoms with Gasteiger partial charge in [0.2, 0.25) is 10.0 Å². The van der Waals surface area contributed by atoms with Crippen molar-refractivity contribution in [1.82, 2.24) is 4.31 Å². The number of aromatic carboxylic acids is 1. The van der Waals surface area contributed by atoms with Crippen LogP contribution in [-0.4, -0.2) is 37.4 Å². The summed E-state index contributed by atoms with van der Waals surface area (Å²) in [5, 5.41) is 9.15. The molecule has 0 saturated carbocycles. The van der Waals surface area contributed by atoms with E-state index in [1.807, 2.05) is 13.8 Å². The van der Waals surface area contributed by atoms with Crippen LogP contribution in [0.5, 0.6) is 0 Å². The molecule has 0 saturated heterocycles. The number of carbonyl (C=O) groups is 1. The molecule has 0 spiro atoms. The Balaban J connectivity index is 3.25. The summed E-state index contributed by atoms with van der Waals surface area (Å²) in [5.41, 5.74) is 1.15. The summed E-state index contributed by atoms with van der Waals surface area (Å²) >= 11 is 0. The van der Waals surface area contributed by atoms with E-state index >= 15 is 0 Å². The number of hydrogen-bond acceptors (Lipinski definition) is 3. The number of rotatable bonds is 6. The molecular formula is C15H23NO4S. The van der Waals surface area contributed by atoms with Crippen molar-refractivity contribution < 1.29 is 18.3 Å². The maximum Gasteiger partial charge on any atom is 0.335 e. The fourth-order valence-corrected chi connectivity index (χ4v) is 3.48. The van der Waals surface area contributed by atoms with Gasteiger partial charge in [-0.1, -0.05) is 19.9 Å². The van der Waals surface area contributed by atoms with Gasteiger partial charge < -0.3 is 5.11 Å². The number of sulfonamides is 1. The first kappa shape index (κ1) is 17.7. The normalized spacial score (nSPS) is 12.1. The van der Waals surface area contributed by atoms with Gasteiger partial charge in [0.1, 0.15) is 0 Å². The van der Waals surface area contributed by atoms with Gasteiger partial charge in [-0.2, -0.15) is 0 Å². The molecule has 0 unspecified atom stereocenters. The molecule has 5 nitrogen and oxygen atoms in total. The van der Waals surface area contributed by atoms with Gasteiger partial charge in [-0.25, -0.2) is 17.5 Å². The Morgan fingerprint density at radius 2 is 1.81 bits per heavy atom. The van der Waals surface area contributed by atoms with Crippen LogP contribution in [0.3, 0.4) is 0 Å². The molecular weight excluding hydrogens is 290 g/mol. The number of hydrogen-bond donors (Lipinski definition) is 1. The zero-order valence-corrected chi connectivity index (χ0v) is 14.0. The highest BCUT2D eigenvalue weighted by Gasteiger charge is 2.25. The molecule has 1 rings (SSSR count). The maximum absolute atomic E-state index is 12.6. The van der Waals surface area contributed by atoms with E-state index in [1.54, 1.807) is 19.9 Å². The fourth-order valence-electron chi connectivity index (χ4n) is 2.07. The molecule has 0 aromatic heterocycles. The summed E-state index contributed by atoms with van der Waals surface area (Å²) in [6, 6.07) is 2.86. The first-order valence-corrected chi connectivity index (χ1v) is 8.32. The van der Waals surface area contributed by atoms with Gasteiger partial charge in [-0.15, -0.1) is 0 Å². The van der Waals surface area contributed by atoms with E-state index in [9.17, 15) is 13.2 Å². The average Bonchev–Trinajstić information content (AvgIpc) is 2.34. The van der Waals surface area contributed by atoms with Crippen LogP contribution in [0.2, 0.25) is 0 Å². The number of aryl methyl sites for hydroxylation is 2. The number of nitrogens with zero attached hydrogens (tertiary/aromatic N) is 1. The second kappa shape index (κ2) is 6.58. The number of carboxylic acid groups (broad SMARTS) is 1. The minimum absolute atomic E-state index is 0.0245. The number of benzene rings is 1. The first-order chi connectivity index (χ1) is 9.57. The van der Waals surface area contributed by atoms with Gasteiger partial charge in [0, 0.05) is 13.6 Å². The summed E-state index contributed by atoms with van der Waals surface area (Å²) in [5.74, 6) is -0.717. The van der Waals surface area contributed by atoms with Gasteiger partial charge >= 0.3 is 5.97 Å². The van der Waals surface area contributed by atoms with Crippen LogP contribution in [0.25, 0.3) is 0 Å².